The Morgan fingerprint density at radius 1 is 1.14 bits per heavy atom. The third-order valence-electron chi connectivity index (χ3n) is 3.31. The van der Waals surface area contributed by atoms with E-state index in [0.717, 1.165) is 11.5 Å². The van der Waals surface area contributed by atoms with Gasteiger partial charge >= 0.3 is 0 Å². The van der Waals surface area contributed by atoms with E-state index in [1.54, 1.807) is 17.1 Å². The number of benzene rings is 1. The second-order valence-electron chi connectivity index (χ2n) is 5.21. The fraction of sp³-hybridized carbons (Fsp3) is 0.188. The van der Waals surface area contributed by atoms with Crippen LogP contribution in [0.3, 0.4) is 0 Å². The van der Waals surface area contributed by atoms with Gasteiger partial charge in [-0.2, -0.15) is 10.1 Å². The molecule has 22 heavy (non-hydrogen) atoms. The highest BCUT2D eigenvalue weighted by atomic mass is 15.3. The molecule has 6 nitrogen and oxygen atoms in total. The van der Waals surface area contributed by atoms with Crippen LogP contribution in [0.2, 0.25) is 0 Å². The normalized spacial score (nSPS) is 10.5. The molecule has 3 aromatic rings. The maximum atomic E-state index is 4.47. The maximum Gasteiger partial charge on any atom is 0.229 e. The Morgan fingerprint density at radius 2 is 2.00 bits per heavy atom. The van der Waals surface area contributed by atoms with Gasteiger partial charge in [-0.25, -0.2) is 9.67 Å². The van der Waals surface area contributed by atoms with Crippen molar-refractivity contribution in [1.82, 2.24) is 19.7 Å². The summed E-state index contributed by atoms with van der Waals surface area (Å²) >= 11 is 0. The SMILES string of the molecule is Cc1cc(Nc2nccc(-n3cccn3)n2)ccc1N(C)C. The molecule has 0 amide bonds. The van der Waals surface area contributed by atoms with Gasteiger partial charge in [0.25, 0.3) is 0 Å². The van der Waals surface area contributed by atoms with Gasteiger partial charge in [0.1, 0.15) is 0 Å². The Labute approximate surface area is 129 Å². The zero-order valence-electron chi connectivity index (χ0n) is 12.9. The highest BCUT2D eigenvalue weighted by Gasteiger charge is 2.05. The van der Waals surface area contributed by atoms with Crippen LogP contribution in [0.1, 0.15) is 5.56 Å². The van der Waals surface area contributed by atoms with E-state index >= 15 is 0 Å². The molecule has 112 valence electrons. The van der Waals surface area contributed by atoms with Crippen molar-refractivity contribution in [3.8, 4) is 5.82 Å². The number of hydrogen-bond acceptors (Lipinski definition) is 5. The molecule has 0 fully saturated rings. The summed E-state index contributed by atoms with van der Waals surface area (Å²) in [6.45, 7) is 2.08. The smallest absolute Gasteiger partial charge is 0.229 e. The third kappa shape index (κ3) is 2.90. The molecule has 6 heteroatoms. The summed E-state index contributed by atoms with van der Waals surface area (Å²) in [5.74, 6) is 1.27. The average molecular weight is 294 g/mol. The molecule has 0 aliphatic heterocycles. The van der Waals surface area contributed by atoms with Crippen molar-refractivity contribution in [2.24, 2.45) is 0 Å². The van der Waals surface area contributed by atoms with Crippen molar-refractivity contribution >= 4 is 17.3 Å². The van der Waals surface area contributed by atoms with Crippen molar-refractivity contribution in [2.75, 3.05) is 24.3 Å². The molecule has 0 bridgehead atoms. The lowest BCUT2D eigenvalue weighted by molar-refractivity contribution is 0.842. The summed E-state index contributed by atoms with van der Waals surface area (Å²) in [6.07, 6.45) is 5.29. The minimum atomic E-state index is 0.546. The first kappa shape index (κ1) is 14.1. The number of aryl methyl sites for hydroxylation is 1. The molecule has 2 heterocycles. The molecule has 0 atom stereocenters. The van der Waals surface area contributed by atoms with Crippen molar-refractivity contribution in [3.63, 3.8) is 0 Å². The fourth-order valence-electron chi connectivity index (χ4n) is 2.31. The van der Waals surface area contributed by atoms with Gasteiger partial charge in [0.15, 0.2) is 5.82 Å². The number of nitrogens with one attached hydrogen (secondary N) is 1. The van der Waals surface area contributed by atoms with Gasteiger partial charge in [-0.15, -0.1) is 0 Å². The van der Waals surface area contributed by atoms with Crippen LogP contribution in [0.5, 0.6) is 0 Å². The van der Waals surface area contributed by atoms with Crippen LogP contribution in [0.15, 0.2) is 48.9 Å². The van der Waals surface area contributed by atoms with E-state index in [2.05, 4.69) is 44.3 Å². The van der Waals surface area contributed by atoms with E-state index in [1.807, 2.05) is 38.5 Å². The Hall–Kier alpha value is -2.89. The summed E-state index contributed by atoms with van der Waals surface area (Å²) in [4.78, 5) is 10.8. The predicted octanol–water partition coefficient (Wildman–Crippen LogP) is 2.78. The molecule has 0 aliphatic rings. The van der Waals surface area contributed by atoms with Crippen LogP contribution < -0.4 is 10.2 Å². The van der Waals surface area contributed by atoms with Gasteiger partial charge < -0.3 is 10.2 Å². The van der Waals surface area contributed by atoms with E-state index in [0.29, 0.717) is 5.95 Å². The molecule has 0 saturated heterocycles. The molecule has 1 N–H and O–H groups in total. The molecule has 0 unspecified atom stereocenters. The van der Waals surface area contributed by atoms with E-state index in [1.165, 1.54) is 11.3 Å². The lowest BCUT2D eigenvalue weighted by Crippen LogP contribution is -2.10. The van der Waals surface area contributed by atoms with Crippen LogP contribution in [0.25, 0.3) is 5.82 Å². The molecule has 0 radical (unpaired) electrons. The Balaban J connectivity index is 1.84. The molecule has 0 aliphatic carbocycles. The molecule has 2 aromatic heterocycles. The van der Waals surface area contributed by atoms with E-state index in [4.69, 9.17) is 0 Å². The second kappa shape index (κ2) is 5.85. The summed E-state index contributed by atoms with van der Waals surface area (Å²) in [5.41, 5.74) is 3.34. The summed E-state index contributed by atoms with van der Waals surface area (Å²) in [6, 6.07) is 9.86. The van der Waals surface area contributed by atoms with Gasteiger partial charge in [0.05, 0.1) is 0 Å². The molecular formula is C16H18N6. The Morgan fingerprint density at radius 3 is 2.68 bits per heavy atom. The number of nitrogens with zero attached hydrogens (tertiary/aromatic N) is 5. The standard InChI is InChI=1S/C16H18N6/c1-12-11-13(5-6-14(12)21(2)3)19-16-17-9-7-15(20-16)22-10-4-8-18-22/h4-11H,1-3H3,(H,17,19,20). The number of hydrogen-bond donors (Lipinski definition) is 1. The van der Waals surface area contributed by atoms with E-state index < -0.39 is 0 Å². The van der Waals surface area contributed by atoms with Crippen LogP contribution in [-0.4, -0.2) is 33.8 Å². The van der Waals surface area contributed by atoms with Crippen LogP contribution >= 0.6 is 0 Å². The lowest BCUT2D eigenvalue weighted by atomic mass is 10.1. The van der Waals surface area contributed by atoms with Crippen molar-refractivity contribution in [2.45, 2.75) is 6.92 Å². The van der Waals surface area contributed by atoms with Crippen molar-refractivity contribution in [3.05, 3.63) is 54.5 Å². The van der Waals surface area contributed by atoms with Gasteiger partial charge in [0, 0.05) is 50.1 Å². The summed E-state index contributed by atoms with van der Waals surface area (Å²) < 4.78 is 1.70. The van der Waals surface area contributed by atoms with Crippen LogP contribution in [0, 0.1) is 6.92 Å². The monoisotopic (exact) mass is 294 g/mol. The third-order valence-corrected chi connectivity index (χ3v) is 3.31. The van der Waals surface area contributed by atoms with Gasteiger partial charge in [-0.3, -0.25) is 0 Å². The van der Waals surface area contributed by atoms with Crippen molar-refractivity contribution < 1.29 is 0 Å². The number of aromatic nitrogens is 4. The summed E-state index contributed by atoms with van der Waals surface area (Å²) in [7, 11) is 4.07. The molecular weight excluding hydrogens is 276 g/mol. The number of rotatable bonds is 4. The quantitative estimate of drug-likeness (QED) is 0.802. The largest absolute Gasteiger partial charge is 0.377 e. The van der Waals surface area contributed by atoms with E-state index in [-0.39, 0.29) is 0 Å². The molecule has 3 rings (SSSR count). The highest BCUT2D eigenvalue weighted by Crippen LogP contribution is 2.23. The molecule has 0 spiro atoms. The van der Waals surface area contributed by atoms with Crippen molar-refractivity contribution in [1.29, 1.82) is 0 Å². The van der Waals surface area contributed by atoms with Gasteiger partial charge in [-0.1, -0.05) is 0 Å². The zero-order valence-corrected chi connectivity index (χ0v) is 12.9. The first-order valence-electron chi connectivity index (χ1n) is 7.01. The Kier molecular flexibility index (Phi) is 3.74. The topological polar surface area (TPSA) is 58.9 Å². The van der Waals surface area contributed by atoms with Crippen LogP contribution in [0.4, 0.5) is 17.3 Å². The van der Waals surface area contributed by atoms with Gasteiger partial charge in [-0.05, 0) is 36.8 Å². The Bertz CT molecular complexity index is 764. The molecule has 1 aromatic carbocycles. The van der Waals surface area contributed by atoms with Gasteiger partial charge in [0.2, 0.25) is 5.95 Å². The first-order valence-corrected chi connectivity index (χ1v) is 7.01. The fourth-order valence-corrected chi connectivity index (χ4v) is 2.31. The predicted molar refractivity (Wildman–Crippen MR) is 87.9 cm³/mol. The average Bonchev–Trinajstić information content (AvgIpc) is 3.01. The molecule has 0 saturated carbocycles. The first-order chi connectivity index (χ1) is 10.6. The van der Waals surface area contributed by atoms with Crippen LogP contribution in [-0.2, 0) is 0 Å². The highest BCUT2D eigenvalue weighted by molar-refractivity contribution is 5.63. The minimum Gasteiger partial charge on any atom is -0.377 e. The summed E-state index contributed by atoms with van der Waals surface area (Å²) in [5, 5.41) is 7.40. The maximum absolute atomic E-state index is 4.47. The zero-order chi connectivity index (χ0) is 15.5. The number of anilines is 3. The minimum absolute atomic E-state index is 0.546. The van der Waals surface area contributed by atoms with E-state index in [9.17, 15) is 0 Å². The second-order valence-corrected chi connectivity index (χ2v) is 5.21. The lowest BCUT2D eigenvalue weighted by Gasteiger charge is -2.16.